The molecule has 1 fully saturated rings. The third kappa shape index (κ3) is 40.0. The van der Waals surface area contributed by atoms with Gasteiger partial charge in [-0.2, -0.15) is 0 Å². The molecule has 7 atom stereocenters. The van der Waals surface area contributed by atoms with Crippen LogP contribution in [0.1, 0.15) is 213 Å². The number of hydrogen-bond acceptors (Lipinski definition) is 8. The van der Waals surface area contributed by atoms with Crippen molar-refractivity contribution in [2.75, 3.05) is 13.2 Å². The molecular weight excluding hydrogens is 899 g/mol. The fraction of sp³-hybridized carbons (Fsp3) is 0.667. The van der Waals surface area contributed by atoms with E-state index in [9.17, 15) is 30.3 Å². The van der Waals surface area contributed by atoms with Crippen LogP contribution in [-0.2, 0) is 14.3 Å². The highest BCUT2D eigenvalue weighted by Gasteiger charge is 2.44. The summed E-state index contributed by atoms with van der Waals surface area (Å²) >= 11 is 0. The fourth-order valence-electron chi connectivity index (χ4n) is 8.23. The van der Waals surface area contributed by atoms with Gasteiger partial charge in [0, 0.05) is 6.42 Å². The topological polar surface area (TPSA) is 149 Å². The Morgan fingerprint density at radius 1 is 0.486 bits per heavy atom. The Balaban J connectivity index is 2.04. The fourth-order valence-corrected chi connectivity index (χ4v) is 8.23. The molecule has 0 aromatic carbocycles. The van der Waals surface area contributed by atoms with Crippen LogP contribution in [0.5, 0.6) is 0 Å². The van der Waals surface area contributed by atoms with Crippen molar-refractivity contribution in [1.82, 2.24) is 5.32 Å². The summed E-state index contributed by atoms with van der Waals surface area (Å²) in [5.41, 5.74) is 0. The molecule has 0 aliphatic carbocycles. The van der Waals surface area contributed by atoms with Crippen LogP contribution in [-0.4, -0.2) is 87.5 Å². The van der Waals surface area contributed by atoms with Gasteiger partial charge >= 0.3 is 0 Å². The molecule has 0 spiro atoms. The second-order valence-corrected chi connectivity index (χ2v) is 19.3. The highest BCUT2D eigenvalue weighted by Crippen LogP contribution is 2.23. The van der Waals surface area contributed by atoms with Crippen LogP contribution in [0.25, 0.3) is 0 Å². The minimum absolute atomic E-state index is 0.195. The zero-order valence-corrected chi connectivity index (χ0v) is 45.4. The Bertz CT molecular complexity index is 1540. The third-order valence-corrected chi connectivity index (χ3v) is 12.8. The number of amides is 1. The Kier molecular flexibility index (Phi) is 47.3. The van der Waals surface area contributed by atoms with Gasteiger partial charge in [0.1, 0.15) is 24.4 Å². The van der Waals surface area contributed by atoms with Crippen molar-refractivity contribution in [3.05, 3.63) is 122 Å². The molecule has 0 aromatic heterocycles. The minimum atomic E-state index is -1.57. The number of unbranched alkanes of at least 4 members (excludes halogenated alkanes) is 19. The predicted molar refractivity (Wildman–Crippen MR) is 304 cm³/mol. The molecule has 0 bridgehead atoms. The van der Waals surface area contributed by atoms with E-state index >= 15 is 0 Å². The van der Waals surface area contributed by atoms with Gasteiger partial charge in [0.15, 0.2) is 6.29 Å². The van der Waals surface area contributed by atoms with Crippen molar-refractivity contribution in [3.63, 3.8) is 0 Å². The molecule has 72 heavy (non-hydrogen) atoms. The van der Waals surface area contributed by atoms with Crippen LogP contribution in [0, 0.1) is 0 Å². The number of carbonyl (C=O) groups excluding carboxylic acids is 1. The smallest absolute Gasteiger partial charge is 0.220 e. The number of rotatable bonds is 47. The molecule has 410 valence electrons. The number of carbonyl (C=O) groups is 1. The lowest BCUT2D eigenvalue weighted by Gasteiger charge is -2.40. The van der Waals surface area contributed by atoms with E-state index in [2.05, 4.69) is 129 Å². The number of nitrogens with one attached hydrogen (secondary N) is 1. The van der Waals surface area contributed by atoms with Crippen LogP contribution >= 0.6 is 0 Å². The highest BCUT2D eigenvalue weighted by atomic mass is 16.7. The maximum absolute atomic E-state index is 13.0. The SMILES string of the molecule is CC/C=C\C/C=C\C/C=C\C/C=C\C/C=C\C/C=C\C/C=C\C/C=C\CCCCCCCCCCCCCCCCCCC(=O)NC(COC1OC(CO)C(O)C(O)C1O)C(O)/C=C/CC/C=C/CCCC. The standard InChI is InChI=1S/C63H105NO8/c1-3-5-7-9-11-13-14-15-16-17-18-19-20-21-22-23-24-25-26-27-28-29-30-31-32-33-34-35-36-37-38-39-40-41-42-43-44-45-47-49-51-53-59(67)64-56(57(66)52-50-48-46-12-10-8-6-4-2)55-71-63-62(70)61(69)60(68)58(54-65)72-63/h5,7,10-13,15-16,18-19,21-22,24-25,27-28,30-31,50,52,56-58,60-63,65-66,68-70H,3-4,6,8-9,14,17,20,23,26,29,32-49,51,53-55H2,1-2H3,(H,64,67)/b7-5-,12-10+,13-11-,16-15-,19-18-,22-21-,25-24-,28-27-,31-30-,52-50+. The van der Waals surface area contributed by atoms with Gasteiger partial charge in [0.25, 0.3) is 0 Å². The second kappa shape index (κ2) is 51.1. The zero-order chi connectivity index (χ0) is 52.2. The van der Waals surface area contributed by atoms with Crippen molar-refractivity contribution in [3.8, 4) is 0 Å². The number of hydrogen-bond donors (Lipinski definition) is 6. The van der Waals surface area contributed by atoms with Crippen molar-refractivity contribution in [2.45, 2.75) is 256 Å². The largest absolute Gasteiger partial charge is 0.394 e. The summed E-state index contributed by atoms with van der Waals surface area (Å²) in [7, 11) is 0. The van der Waals surface area contributed by atoms with E-state index in [0.29, 0.717) is 6.42 Å². The van der Waals surface area contributed by atoms with Gasteiger partial charge in [-0.05, 0) is 89.9 Å². The number of ether oxygens (including phenoxy) is 2. The lowest BCUT2D eigenvalue weighted by Crippen LogP contribution is -2.60. The molecule has 7 unspecified atom stereocenters. The van der Waals surface area contributed by atoms with E-state index in [1.54, 1.807) is 6.08 Å². The molecule has 0 aromatic rings. The highest BCUT2D eigenvalue weighted by molar-refractivity contribution is 5.76. The van der Waals surface area contributed by atoms with Gasteiger partial charge in [-0.15, -0.1) is 0 Å². The third-order valence-electron chi connectivity index (χ3n) is 12.8. The van der Waals surface area contributed by atoms with Gasteiger partial charge in [-0.1, -0.05) is 238 Å². The van der Waals surface area contributed by atoms with Crippen LogP contribution in [0.3, 0.4) is 0 Å². The average Bonchev–Trinajstić information content (AvgIpc) is 3.38. The van der Waals surface area contributed by atoms with E-state index in [0.717, 1.165) is 103 Å². The summed E-state index contributed by atoms with van der Waals surface area (Å²) in [6.07, 6.45) is 70.3. The van der Waals surface area contributed by atoms with Crippen LogP contribution < -0.4 is 5.32 Å². The first-order chi connectivity index (χ1) is 35.3. The summed E-state index contributed by atoms with van der Waals surface area (Å²) < 4.78 is 11.2. The molecule has 1 rings (SSSR count). The van der Waals surface area contributed by atoms with E-state index in [1.165, 1.54) is 89.9 Å². The average molecular weight is 1000 g/mol. The van der Waals surface area contributed by atoms with E-state index in [1.807, 2.05) is 6.08 Å². The number of allylic oxidation sites excluding steroid dienone is 19. The molecule has 9 nitrogen and oxygen atoms in total. The van der Waals surface area contributed by atoms with Gasteiger partial charge < -0.3 is 40.3 Å². The summed E-state index contributed by atoms with van der Waals surface area (Å²) in [6, 6.07) is -0.824. The molecule has 0 saturated carbocycles. The Morgan fingerprint density at radius 2 is 0.875 bits per heavy atom. The molecule has 6 N–H and O–H groups in total. The summed E-state index contributed by atoms with van der Waals surface area (Å²) in [6.45, 7) is 3.55. The Hall–Kier alpha value is -3.41. The van der Waals surface area contributed by atoms with Gasteiger partial charge in [0.05, 0.1) is 25.4 Å². The van der Waals surface area contributed by atoms with Crippen molar-refractivity contribution in [1.29, 1.82) is 0 Å². The lowest BCUT2D eigenvalue weighted by molar-refractivity contribution is -0.302. The minimum Gasteiger partial charge on any atom is -0.394 e. The van der Waals surface area contributed by atoms with Crippen LogP contribution in [0.2, 0.25) is 0 Å². The van der Waals surface area contributed by atoms with E-state index in [-0.39, 0.29) is 12.5 Å². The predicted octanol–water partition coefficient (Wildman–Crippen LogP) is 14.3. The van der Waals surface area contributed by atoms with Crippen LogP contribution in [0.4, 0.5) is 0 Å². The lowest BCUT2D eigenvalue weighted by atomic mass is 9.99. The van der Waals surface area contributed by atoms with E-state index in [4.69, 9.17) is 9.47 Å². The van der Waals surface area contributed by atoms with Gasteiger partial charge in [-0.3, -0.25) is 4.79 Å². The van der Waals surface area contributed by atoms with Crippen molar-refractivity contribution in [2.24, 2.45) is 0 Å². The maximum Gasteiger partial charge on any atom is 0.220 e. The van der Waals surface area contributed by atoms with Gasteiger partial charge in [0.2, 0.25) is 5.91 Å². The quantitative estimate of drug-likeness (QED) is 0.0261. The van der Waals surface area contributed by atoms with Crippen LogP contribution in [0.15, 0.2) is 122 Å². The molecule has 1 saturated heterocycles. The monoisotopic (exact) mass is 1000 g/mol. The summed E-state index contributed by atoms with van der Waals surface area (Å²) in [5.74, 6) is -0.195. The first kappa shape index (κ1) is 66.6. The molecule has 1 aliphatic rings. The molecular formula is C63H105NO8. The summed E-state index contributed by atoms with van der Waals surface area (Å²) in [4.78, 5) is 13.0. The zero-order valence-electron chi connectivity index (χ0n) is 45.4. The molecule has 0 radical (unpaired) electrons. The molecule has 1 aliphatic heterocycles. The van der Waals surface area contributed by atoms with E-state index < -0.39 is 49.5 Å². The first-order valence-corrected chi connectivity index (χ1v) is 28.8. The normalized spacial score (nSPS) is 20.1. The van der Waals surface area contributed by atoms with Crippen molar-refractivity contribution >= 4 is 5.91 Å². The molecule has 9 heteroatoms. The Labute approximate surface area is 439 Å². The maximum atomic E-state index is 13.0. The Morgan fingerprint density at radius 3 is 1.33 bits per heavy atom. The van der Waals surface area contributed by atoms with Crippen molar-refractivity contribution < 1.29 is 39.8 Å². The molecule has 1 heterocycles. The number of aliphatic hydroxyl groups is 5. The molecule has 1 amide bonds. The number of aliphatic hydroxyl groups excluding tert-OH is 5. The van der Waals surface area contributed by atoms with Gasteiger partial charge in [-0.25, -0.2) is 0 Å². The second-order valence-electron chi connectivity index (χ2n) is 19.3. The first-order valence-electron chi connectivity index (χ1n) is 28.8. The summed E-state index contributed by atoms with van der Waals surface area (Å²) in [5, 5.41) is 54.1.